The minimum absolute atomic E-state index is 0.170. The van der Waals surface area contributed by atoms with Gasteiger partial charge < -0.3 is 10.6 Å². The minimum Gasteiger partial charge on any atom is -0.335 e. The highest BCUT2D eigenvalue weighted by atomic mass is 16.2. The SMILES string of the molecule is C=CCC(N)C(=O)N(C1CCCCC1)C1CCCCC1. The van der Waals surface area contributed by atoms with Gasteiger partial charge in [0.1, 0.15) is 0 Å². The largest absolute Gasteiger partial charge is 0.335 e. The van der Waals surface area contributed by atoms with Crippen LogP contribution < -0.4 is 5.73 Å². The van der Waals surface area contributed by atoms with Gasteiger partial charge in [0.15, 0.2) is 0 Å². The van der Waals surface area contributed by atoms with Gasteiger partial charge in [-0.2, -0.15) is 0 Å². The van der Waals surface area contributed by atoms with E-state index in [1.165, 1.54) is 64.2 Å². The molecule has 2 fully saturated rings. The van der Waals surface area contributed by atoms with Gasteiger partial charge in [0.25, 0.3) is 0 Å². The predicted molar refractivity (Wildman–Crippen MR) is 83.4 cm³/mol. The molecule has 3 heteroatoms. The molecule has 2 saturated carbocycles. The zero-order chi connectivity index (χ0) is 14.4. The van der Waals surface area contributed by atoms with Gasteiger partial charge >= 0.3 is 0 Å². The average Bonchev–Trinajstić information content (AvgIpc) is 2.50. The lowest BCUT2D eigenvalue weighted by Gasteiger charge is -2.42. The third-order valence-electron chi connectivity index (χ3n) is 4.93. The van der Waals surface area contributed by atoms with Crippen LogP contribution in [-0.4, -0.2) is 28.9 Å². The molecule has 20 heavy (non-hydrogen) atoms. The molecule has 0 bridgehead atoms. The first kappa shape index (κ1) is 15.6. The van der Waals surface area contributed by atoms with Gasteiger partial charge in [-0.3, -0.25) is 4.79 Å². The lowest BCUT2D eigenvalue weighted by Crippen LogP contribution is -2.54. The Morgan fingerprint density at radius 1 is 1.05 bits per heavy atom. The summed E-state index contributed by atoms with van der Waals surface area (Å²) in [6.45, 7) is 3.72. The summed E-state index contributed by atoms with van der Waals surface area (Å²) in [4.78, 5) is 15.0. The Morgan fingerprint density at radius 3 is 1.90 bits per heavy atom. The molecular weight excluding hydrogens is 248 g/mol. The second-order valence-corrected chi connectivity index (χ2v) is 6.46. The number of rotatable bonds is 5. The lowest BCUT2D eigenvalue weighted by molar-refractivity contribution is -0.139. The van der Waals surface area contributed by atoms with Gasteiger partial charge in [-0.05, 0) is 32.1 Å². The molecule has 2 rings (SSSR count). The Hall–Kier alpha value is -0.830. The van der Waals surface area contributed by atoms with Crippen molar-refractivity contribution in [3.8, 4) is 0 Å². The molecule has 0 aromatic heterocycles. The van der Waals surface area contributed by atoms with Crippen molar-refractivity contribution in [1.82, 2.24) is 4.90 Å². The van der Waals surface area contributed by atoms with Crippen LogP contribution >= 0.6 is 0 Å². The molecular formula is C17H30N2O. The van der Waals surface area contributed by atoms with E-state index in [9.17, 15) is 4.79 Å². The van der Waals surface area contributed by atoms with E-state index in [4.69, 9.17) is 5.73 Å². The molecule has 1 atom stereocenters. The van der Waals surface area contributed by atoms with E-state index in [1.54, 1.807) is 6.08 Å². The van der Waals surface area contributed by atoms with Gasteiger partial charge in [0.2, 0.25) is 5.91 Å². The fourth-order valence-electron chi connectivity index (χ4n) is 3.85. The fraction of sp³-hybridized carbons (Fsp3) is 0.824. The summed E-state index contributed by atoms with van der Waals surface area (Å²) in [6, 6.07) is 0.488. The van der Waals surface area contributed by atoms with E-state index in [0.29, 0.717) is 18.5 Å². The van der Waals surface area contributed by atoms with Gasteiger partial charge in [-0.15, -0.1) is 6.58 Å². The van der Waals surface area contributed by atoms with Crippen LogP contribution in [0.15, 0.2) is 12.7 Å². The summed E-state index contributed by atoms with van der Waals surface area (Å²) in [5.41, 5.74) is 6.08. The molecule has 1 unspecified atom stereocenters. The zero-order valence-corrected chi connectivity index (χ0v) is 12.7. The summed E-state index contributed by atoms with van der Waals surface area (Å²) in [5.74, 6) is 0.170. The molecule has 2 N–H and O–H groups in total. The van der Waals surface area contributed by atoms with Crippen molar-refractivity contribution in [2.24, 2.45) is 5.73 Å². The molecule has 0 saturated heterocycles. The topological polar surface area (TPSA) is 46.3 Å². The van der Waals surface area contributed by atoms with E-state index in [2.05, 4.69) is 11.5 Å². The number of nitrogens with two attached hydrogens (primary N) is 1. The van der Waals surface area contributed by atoms with Crippen LogP contribution in [0, 0.1) is 0 Å². The summed E-state index contributed by atoms with van der Waals surface area (Å²) in [7, 11) is 0. The molecule has 0 aromatic rings. The first-order chi connectivity index (χ1) is 9.74. The van der Waals surface area contributed by atoms with Crippen LogP contribution in [0.25, 0.3) is 0 Å². The van der Waals surface area contributed by atoms with Crippen LogP contribution in [0.3, 0.4) is 0 Å². The van der Waals surface area contributed by atoms with E-state index in [1.807, 2.05) is 0 Å². The second-order valence-electron chi connectivity index (χ2n) is 6.46. The molecule has 0 radical (unpaired) electrons. The Labute approximate surface area is 123 Å². The monoisotopic (exact) mass is 278 g/mol. The summed E-state index contributed by atoms with van der Waals surface area (Å²) >= 11 is 0. The van der Waals surface area contributed by atoms with Crippen molar-refractivity contribution < 1.29 is 4.79 Å². The maximum atomic E-state index is 12.8. The molecule has 3 nitrogen and oxygen atoms in total. The number of hydrogen-bond donors (Lipinski definition) is 1. The van der Waals surface area contributed by atoms with E-state index < -0.39 is 6.04 Å². The Bertz CT molecular complexity index is 299. The van der Waals surface area contributed by atoms with Crippen LogP contribution in [0.1, 0.15) is 70.6 Å². The smallest absolute Gasteiger partial charge is 0.240 e. The van der Waals surface area contributed by atoms with Gasteiger partial charge in [0, 0.05) is 12.1 Å². The van der Waals surface area contributed by atoms with Crippen LogP contribution in [0.4, 0.5) is 0 Å². The summed E-state index contributed by atoms with van der Waals surface area (Å²) < 4.78 is 0. The highest BCUT2D eigenvalue weighted by Gasteiger charge is 2.34. The first-order valence-corrected chi connectivity index (χ1v) is 8.42. The lowest BCUT2D eigenvalue weighted by atomic mass is 9.88. The van der Waals surface area contributed by atoms with Crippen molar-refractivity contribution in [2.75, 3.05) is 0 Å². The fourth-order valence-corrected chi connectivity index (χ4v) is 3.85. The maximum absolute atomic E-state index is 12.8. The number of carbonyl (C=O) groups is 1. The molecule has 2 aliphatic rings. The normalized spacial score (nSPS) is 23.2. The quantitative estimate of drug-likeness (QED) is 0.784. The molecule has 1 amide bonds. The summed E-state index contributed by atoms with van der Waals surface area (Å²) in [6.07, 6.45) is 14.7. The molecule has 114 valence electrons. The van der Waals surface area contributed by atoms with E-state index in [-0.39, 0.29) is 5.91 Å². The highest BCUT2D eigenvalue weighted by Crippen LogP contribution is 2.30. The van der Waals surface area contributed by atoms with E-state index in [0.717, 1.165) is 0 Å². The van der Waals surface area contributed by atoms with Crippen LogP contribution in [0.2, 0.25) is 0 Å². The van der Waals surface area contributed by atoms with E-state index >= 15 is 0 Å². The highest BCUT2D eigenvalue weighted by molar-refractivity contribution is 5.82. The average molecular weight is 278 g/mol. The molecule has 0 heterocycles. The van der Waals surface area contributed by atoms with Crippen LogP contribution in [0.5, 0.6) is 0 Å². The van der Waals surface area contributed by atoms with Gasteiger partial charge in [0.05, 0.1) is 6.04 Å². The maximum Gasteiger partial charge on any atom is 0.240 e. The van der Waals surface area contributed by atoms with Crippen molar-refractivity contribution >= 4 is 5.91 Å². The molecule has 0 aliphatic heterocycles. The van der Waals surface area contributed by atoms with Crippen LogP contribution in [-0.2, 0) is 4.79 Å². The standard InChI is InChI=1S/C17H30N2O/c1-2-9-16(18)17(20)19(14-10-5-3-6-11-14)15-12-7-4-8-13-15/h2,14-16H,1,3-13,18H2. The second kappa shape index (κ2) is 7.82. The van der Waals surface area contributed by atoms with Gasteiger partial charge in [-0.1, -0.05) is 44.6 Å². The van der Waals surface area contributed by atoms with Crippen molar-refractivity contribution in [3.63, 3.8) is 0 Å². The predicted octanol–water partition coefficient (Wildman–Crippen LogP) is 3.38. The Morgan fingerprint density at radius 2 is 1.50 bits per heavy atom. The Kier molecular flexibility index (Phi) is 6.08. The number of hydrogen-bond acceptors (Lipinski definition) is 2. The molecule has 0 spiro atoms. The molecule has 0 aromatic carbocycles. The number of carbonyl (C=O) groups excluding carboxylic acids is 1. The minimum atomic E-state index is -0.392. The van der Waals surface area contributed by atoms with Crippen molar-refractivity contribution in [3.05, 3.63) is 12.7 Å². The zero-order valence-electron chi connectivity index (χ0n) is 12.7. The van der Waals surface area contributed by atoms with Crippen molar-refractivity contribution in [1.29, 1.82) is 0 Å². The van der Waals surface area contributed by atoms with Gasteiger partial charge in [-0.25, -0.2) is 0 Å². The summed E-state index contributed by atoms with van der Waals surface area (Å²) in [5, 5.41) is 0. The third-order valence-corrected chi connectivity index (χ3v) is 4.93. The third kappa shape index (κ3) is 3.85. The Balaban J connectivity index is 2.08. The molecule has 2 aliphatic carbocycles. The number of nitrogens with zero attached hydrogens (tertiary/aromatic N) is 1. The first-order valence-electron chi connectivity index (χ1n) is 8.42. The number of amides is 1. The van der Waals surface area contributed by atoms with Crippen molar-refractivity contribution in [2.45, 2.75) is 88.8 Å².